The number of aryl methyl sites for hydroxylation is 2. The maximum absolute atomic E-state index is 12.7. The number of hydrogen-bond acceptors (Lipinski definition) is 3. The van der Waals surface area contributed by atoms with E-state index in [0.717, 1.165) is 43.0 Å². The van der Waals surface area contributed by atoms with E-state index >= 15 is 0 Å². The van der Waals surface area contributed by atoms with E-state index in [1.54, 1.807) is 0 Å². The normalized spacial score (nSPS) is 14.8. The van der Waals surface area contributed by atoms with Gasteiger partial charge in [0.15, 0.2) is 0 Å². The number of nitrogens with two attached hydrogens (primary N) is 1. The molecule has 0 saturated carbocycles. The van der Waals surface area contributed by atoms with Crippen molar-refractivity contribution < 1.29 is 4.79 Å². The van der Waals surface area contributed by atoms with Gasteiger partial charge in [0, 0.05) is 43.1 Å². The quantitative estimate of drug-likeness (QED) is 0.864. The number of rotatable bonds is 2. The molecule has 1 aliphatic heterocycles. The molecule has 24 heavy (non-hydrogen) atoms. The summed E-state index contributed by atoms with van der Waals surface area (Å²) in [6.45, 7) is 9.46. The van der Waals surface area contributed by atoms with Gasteiger partial charge in [0.05, 0.1) is 0 Å². The van der Waals surface area contributed by atoms with E-state index in [2.05, 4.69) is 36.9 Å². The molecule has 126 valence electrons. The molecular weight excluding hydrogens is 298 g/mol. The van der Waals surface area contributed by atoms with Gasteiger partial charge in [-0.1, -0.05) is 12.1 Å². The van der Waals surface area contributed by atoms with Crippen molar-refractivity contribution in [1.82, 2.24) is 4.90 Å². The van der Waals surface area contributed by atoms with E-state index in [9.17, 15) is 4.79 Å². The molecular formula is C20H25N3O. The maximum atomic E-state index is 12.7. The summed E-state index contributed by atoms with van der Waals surface area (Å²) in [4.78, 5) is 17.0. The van der Waals surface area contributed by atoms with E-state index in [4.69, 9.17) is 5.73 Å². The summed E-state index contributed by atoms with van der Waals surface area (Å²) in [6, 6.07) is 11.9. The zero-order valence-electron chi connectivity index (χ0n) is 14.7. The molecule has 4 nitrogen and oxygen atoms in total. The molecule has 0 bridgehead atoms. The molecule has 2 aromatic carbocycles. The highest BCUT2D eigenvalue weighted by Crippen LogP contribution is 2.24. The second-order valence-electron chi connectivity index (χ2n) is 6.57. The number of anilines is 2. The van der Waals surface area contributed by atoms with Crippen LogP contribution in [-0.4, -0.2) is 37.0 Å². The van der Waals surface area contributed by atoms with Crippen LogP contribution in [-0.2, 0) is 0 Å². The fraction of sp³-hybridized carbons (Fsp3) is 0.350. The maximum Gasteiger partial charge on any atom is 0.253 e. The molecule has 0 atom stereocenters. The molecule has 0 unspecified atom stereocenters. The monoisotopic (exact) mass is 323 g/mol. The van der Waals surface area contributed by atoms with Crippen molar-refractivity contribution in [3.8, 4) is 0 Å². The first-order valence-electron chi connectivity index (χ1n) is 8.44. The number of amides is 1. The van der Waals surface area contributed by atoms with Crippen molar-refractivity contribution in [2.24, 2.45) is 0 Å². The molecule has 2 N–H and O–H groups in total. The summed E-state index contributed by atoms with van der Waals surface area (Å²) in [5, 5.41) is 0. The standard InChI is InChI=1S/C20H25N3O/c1-14-5-4-6-19(16(14)3)22-9-11-23(12-10-22)20(24)17-7-8-18(21)15(2)13-17/h4-8,13H,9-12,21H2,1-3H3. The van der Waals surface area contributed by atoms with E-state index in [-0.39, 0.29) is 5.91 Å². The second-order valence-corrected chi connectivity index (χ2v) is 6.57. The van der Waals surface area contributed by atoms with Gasteiger partial charge in [0.2, 0.25) is 0 Å². The van der Waals surface area contributed by atoms with Crippen molar-refractivity contribution in [1.29, 1.82) is 0 Å². The molecule has 2 aromatic rings. The average molecular weight is 323 g/mol. The van der Waals surface area contributed by atoms with Crippen molar-refractivity contribution in [2.45, 2.75) is 20.8 Å². The largest absolute Gasteiger partial charge is 0.399 e. The Morgan fingerprint density at radius 3 is 2.33 bits per heavy atom. The van der Waals surface area contributed by atoms with Crippen molar-refractivity contribution in [3.05, 3.63) is 58.7 Å². The summed E-state index contributed by atoms with van der Waals surface area (Å²) in [5.41, 5.74) is 12.2. The summed E-state index contributed by atoms with van der Waals surface area (Å²) in [6.07, 6.45) is 0. The summed E-state index contributed by atoms with van der Waals surface area (Å²) in [7, 11) is 0. The van der Waals surface area contributed by atoms with Gasteiger partial charge in [0.25, 0.3) is 5.91 Å². The molecule has 1 heterocycles. The predicted molar refractivity (Wildman–Crippen MR) is 99.6 cm³/mol. The van der Waals surface area contributed by atoms with Gasteiger partial charge in [-0.15, -0.1) is 0 Å². The fourth-order valence-corrected chi connectivity index (χ4v) is 3.22. The Hall–Kier alpha value is -2.49. The van der Waals surface area contributed by atoms with Crippen molar-refractivity contribution in [2.75, 3.05) is 36.8 Å². The van der Waals surface area contributed by atoms with Gasteiger partial charge in [-0.05, 0) is 61.7 Å². The molecule has 0 radical (unpaired) electrons. The lowest BCUT2D eigenvalue weighted by molar-refractivity contribution is 0.0746. The van der Waals surface area contributed by atoms with Crippen LogP contribution in [0.5, 0.6) is 0 Å². The van der Waals surface area contributed by atoms with Crippen LogP contribution in [0.15, 0.2) is 36.4 Å². The van der Waals surface area contributed by atoms with Gasteiger partial charge in [0.1, 0.15) is 0 Å². The second kappa shape index (κ2) is 6.56. The van der Waals surface area contributed by atoms with Gasteiger partial charge in [-0.3, -0.25) is 4.79 Å². The SMILES string of the molecule is Cc1cc(C(=O)N2CCN(c3cccc(C)c3C)CC2)ccc1N. The molecule has 3 rings (SSSR count). The van der Waals surface area contributed by atoms with Crippen LogP contribution < -0.4 is 10.6 Å². The highest BCUT2D eigenvalue weighted by atomic mass is 16.2. The minimum absolute atomic E-state index is 0.0960. The smallest absolute Gasteiger partial charge is 0.253 e. The van der Waals surface area contributed by atoms with Gasteiger partial charge in [-0.25, -0.2) is 0 Å². The summed E-state index contributed by atoms with van der Waals surface area (Å²) < 4.78 is 0. The zero-order chi connectivity index (χ0) is 17.3. The van der Waals surface area contributed by atoms with E-state index < -0.39 is 0 Å². The van der Waals surface area contributed by atoms with Gasteiger partial charge < -0.3 is 15.5 Å². The highest BCUT2D eigenvalue weighted by Gasteiger charge is 2.23. The Balaban J connectivity index is 1.69. The topological polar surface area (TPSA) is 49.6 Å². The summed E-state index contributed by atoms with van der Waals surface area (Å²) >= 11 is 0. The van der Waals surface area contributed by atoms with Crippen LogP contribution in [0.2, 0.25) is 0 Å². The van der Waals surface area contributed by atoms with Crippen LogP contribution >= 0.6 is 0 Å². The van der Waals surface area contributed by atoms with Crippen LogP contribution in [0.25, 0.3) is 0 Å². The molecule has 0 spiro atoms. The molecule has 4 heteroatoms. The number of carbonyl (C=O) groups excluding carboxylic acids is 1. The molecule has 0 aliphatic carbocycles. The van der Waals surface area contributed by atoms with Crippen molar-refractivity contribution >= 4 is 17.3 Å². The first-order chi connectivity index (χ1) is 11.5. The molecule has 0 aromatic heterocycles. The summed E-state index contributed by atoms with van der Waals surface area (Å²) in [5.74, 6) is 0.0960. The number of piperazine rings is 1. The third-order valence-corrected chi connectivity index (χ3v) is 5.00. The van der Waals surface area contributed by atoms with E-state index in [1.807, 2.05) is 30.0 Å². The number of benzene rings is 2. The van der Waals surface area contributed by atoms with Crippen molar-refractivity contribution in [3.63, 3.8) is 0 Å². The van der Waals surface area contributed by atoms with Crippen LogP contribution in [0.3, 0.4) is 0 Å². The van der Waals surface area contributed by atoms with Gasteiger partial charge in [-0.2, -0.15) is 0 Å². The van der Waals surface area contributed by atoms with E-state index in [1.165, 1.54) is 16.8 Å². The Labute approximate surface area is 143 Å². The van der Waals surface area contributed by atoms with Crippen LogP contribution in [0.4, 0.5) is 11.4 Å². The molecule has 1 fully saturated rings. The Morgan fingerprint density at radius 2 is 1.67 bits per heavy atom. The van der Waals surface area contributed by atoms with Crippen LogP contribution in [0.1, 0.15) is 27.0 Å². The van der Waals surface area contributed by atoms with E-state index in [0.29, 0.717) is 0 Å². The lowest BCUT2D eigenvalue weighted by Crippen LogP contribution is -2.49. The first-order valence-corrected chi connectivity index (χ1v) is 8.44. The zero-order valence-corrected chi connectivity index (χ0v) is 14.7. The minimum Gasteiger partial charge on any atom is -0.399 e. The molecule has 1 saturated heterocycles. The fourth-order valence-electron chi connectivity index (χ4n) is 3.22. The lowest BCUT2D eigenvalue weighted by atomic mass is 10.1. The Morgan fingerprint density at radius 1 is 0.958 bits per heavy atom. The number of carbonyl (C=O) groups is 1. The first kappa shape index (κ1) is 16.4. The number of nitrogens with zero attached hydrogens (tertiary/aromatic N) is 2. The third kappa shape index (κ3) is 3.09. The third-order valence-electron chi connectivity index (χ3n) is 5.00. The molecule has 1 amide bonds. The number of hydrogen-bond donors (Lipinski definition) is 1. The Bertz CT molecular complexity index is 761. The minimum atomic E-state index is 0.0960. The Kier molecular flexibility index (Phi) is 4.47. The molecule has 1 aliphatic rings. The number of nitrogen functional groups attached to an aromatic ring is 1. The highest BCUT2D eigenvalue weighted by molar-refractivity contribution is 5.95. The average Bonchev–Trinajstić information content (AvgIpc) is 2.59. The van der Waals surface area contributed by atoms with Gasteiger partial charge >= 0.3 is 0 Å². The predicted octanol–water partition coefficient (Wildman–Crippen LogP) is 3.16. The van der Waals surface area contributed by atoms with Crippen LogP contribution in [0, 0.1) is 20.8 Å². The lowest BCUT2D eigenvalue weighted by Gasteiger charge is -2.37.